The van der Waals surface area contributed by atoms with Crippen molar-refractivity contribution < 1.29 is 34.6 Å². The minimum atomic E-state index is -2.01. The van der Waals surface area contributed by atoms with Gasteiger partial charge in [-0.05, 0) is 18.1 Å². The van der Waals surface area contributed by atoms with Gasteiger partial charge in [-0.15, -0.1) is 0 Å². The van der Waals surface area contributed by atoms with Crippen molar-refractivity contribution in [2.45, 2.75) is 12.4 Å². The predicted molar refractivity (Wildman–Crippen MR) is 77.4 cm³/mol. The number of hydrogen-bond acceptors (Lipinski definition) is 7. The highest BCUT2D eigenvalue weighted by molar-refractivity contribution is 8.14. The Kier molecular flexibility index (Phi) is 4.74. The third-order valence-electron chi connectivity index (χ3n) is 3.24. The molecular formula is C12H12BNO7S. The van der Waals surface area contributed by atoms with Crippen LogP contribution in [-0.2, 0) is 11.2 Å². The number of carboxylic acid groups (broad SMARTS) is 1. The van der Waals surface area contributed by atoms with E-state index < -0.39 is 35.9 Å². The van der Waals surface area contributed by atoms with Crippen molar-refractivity contribution in [2.24, 2.45) is 0 Å². The van der Waals surface area contributed by atoms with E-state index in [2.05, 4.69) is 0 Å². The zero-order chi connectivity index (χ0) is 16.4. The number of carbonyl (C=O) groups excluding carboxylic acids is 2. The van der Waals surface area contributed by atoms with E-state index in [9.17, 15) is 29.5 Å². The first kappa shape index (κ1) is 16.3. The average Bonchev–Trinajstić information content (AvgIpc) is 2.77. The molecule has 1 aromatic rings. The first-order valence-corrected chi connectivity index (χ1v) is 7.20. The number of imide groups is 1. The van der Waals surface area contributed by atoms with Gasteiger partial charge in [0, 0.05) is 0 Å². The van der Waals surface area contributed by atoms with Crippen LogP contribution in [0.5, 0.6) is 5.75 Å². The maximum Gasteiger partial charge on any atom is 0.476 e. The fourth-order valence-electron chi connectivity index (χ4n) is 2.17. The van der Waals surface area contributed by atoms with Crippen LogP contribution in [0.4, 0.5) is 4.79 Å². The van der Waals surface area contributed by atoms with Crippen LogP contribution in [0.1, 0.15) is 15.9 Å². The lowest BCUT2D eigenvalue weighted by atomic mass is 9.74. The number of benzene rings is 1. The monoisotopic (exact) mass is 325 g/mol. The van der Waals surface area contributed by atoms with Crippen molar-refractivity contribution >= 4 is 36.0 Å². The van der Waals surface area contributed by atoms with E-state index >= 15 is 0 Å². The van der Waals surface area contributed by atoms with Crippen molar-refractivity contribution in [3.8, 4) is 5.75 Å². The molecule has 116 valence electrons. The third-order valence-corrected chi connectivity index (χ3v) is 4.07. The van der Waals surface area contributed by atoms with E-state index in [4.69, 9.17) is 5.11 Å². The van der Waals surface area contributed by atoms with E-state index in [1.165, 1.54) is 18.2 Å². The molecule has 0 radical (unpaired) electrons. The summed E-state index contributed by atoms with van der Waals surface area (Å²) in [7, 11) is -2.01. The van der Waals surface area contributed by atoms with Gasteiger partial charge in [-0.25, -0.2) is 4.79 Å². The standard InChI is InChI=1S/C12H12BNO7S/c15-9-5-22-12(19)14(9)8(13(20)21)4-6-2-1-3-7(10(6)16)11(17)18/h1-3,8,16,20-21H,4-5H2,(H,17,18)/t8-/m0/s1. The first-order chi connectivity index (χ1) is 10.3. The van der Waals surface area contributed by atoms with E-state index in [1.807, 2.05) is 0 Å². The second-order valence-corrected chi connectivity index (χ2v) is 5.55. The molecule has 0 aliphatic carbocycles. The largest absolute Gasteiger partial charge is 0.507 e. The number of nitrogens with zero attached hydrogens (tertiary/aromatic N) is 1. The van der Waals surface area contributed by atoms with Gasteiger partial charge in [0.25, 0.3) is 5.24 Å². The second kappa shape index (κ2) is 6.38. The predicted octanol–water partition coefficient (Wildman–Crippen LogP) is -0.291. The highest BCUT2D eigenvalue weighted by atomic mass is 32.2. The van der Waals surface area contributed by atoms with Crippen molar-refractivity contribution in [1.29, 1.82) is 0 Å². The maximum absolute atomic E-state index is 11.7. The van der Waals surface area contributed by atoms with Crippen molar-refractivity contribution in [3.63, 3.8) is 0 Å². The summed E-state index contributed by atoms with van der Waals surface area (Å²) in [6, 6.07) is 3.95. The quantitative estimate of drug-likeness (QED) is 0.542. The number of thioether (sulfide) groups is 1. The lowest BCUT2D eigenvalue weighted by Crippen LogP contribution is -2.50. The van der Waals surface area contributed by atoms with Crippen LogP contribution in [-0.4, -0.2) is 61.1 Å². The molecule has 1 aliphatic heterocycles. The van der Waals surface area contributed by atoms with Gasteiger partial charge in [-0.3, -0.25) is 14.5 Å². The fourth-order valence-corrected chi connectivity index (χ4v) is 2.93. The molecule has 4 N–H and O–H groups in total. The van der Waals surface area contributed by atoms with E-state index in [-0.39, 0.29) is 23.3 Å². The minimum absolute atomic E-state index is 0.0931. The van der Waals surface area contributed by atoms with E-state index in [0.717, 1.165) is 16.7 Å². The number of phenols is 1. The van der Waals surface area contributed by atoms with Crippen LogP contribution in [0.2, 0.25) is 0 Å². The van der Waals surface area contributed by atoms with E-state index in [0.29, 0.717) is 0 Å². The number of para-hydroxylation sites is 1. The molecule has 0 bridgehead atoms. The summed E-state index contributed by atoms with van der Waals surface area (Å²) in [6.07, 6.45) is -0.275. The molecule has 22 heavy (non-hydrogen) atoms. The van der Waals surface area contributed by atoms with Crippen LogP contribution < -0.4 is 0 Å². The topological polar surface area (TPSA) is 135 Å². The molecule has 0 aromatic heterocycles. The summed E-state index contributed by atoms with van der Waals surface area (Å²) >= 11 is 0.741. The molecular weight excluding hydrogens is 313 g/mol. The number of hydrogen-bond donors (Lipinski definition) is 4. The number of rotatable bonds is 5. The Morgan fingerprint density at radius 3 is 2.55 bits per heavy atom. The molecule has 1 heterocycles. The zero-order valence-electron chi connectivity index (χ0n) is 11.2. The average molecular weight is 325 g/mol. The van der Waals surface area contributed by atoms with Crippen molar-refractivity contribution in [1.82, 2.24) is 4.90 Å². The second-order valence-electron chi connectivity index (χ2n) is 4.62. The summed E-state index contributed by atoms with van der Waals surface area (Å²) in [5.74, 6) is -3.84. The molecule has 1 aliphatic rings. The Balaban J connectivity index is 2.33. The Morgan fingerprint density at radius 1 is 1.36 bits per heavy atom. The highest BCUT2D eigenvalue weighted by Crippen LogP contribution is 2.28. The van der Waals surface area contributed by atoms with Crippen LogP contribution in [0, 0.1) is 0 Å². The Bertz CT molecular complexity index is 620. The van der Waals surface area contributed by atoms with Gasteiger partial charge < -0.3 is 20.3 Å². The Labute approximate surface area is 129 Å². The fraction of sp³-hybridized carbons (Fsp3) is 0.250. The first-order valence-electron chi connectivity index (χ1n) is 6.22. The molecule has 0 spiro atoms. The number of carboxylic acids is 1. The van der Waals surface area contributed by atoms with Gasteiger partial charge in [0.2, 0.25) is 5.91 Å². The maximum atomic E-state index is 11.7. The molecule has 10 heteroatoms. The highest BCUT2D eigenvalue weighted by Gasteiger charge is 2.41. The van der Waals surface area contributed by atoms with Gasteiger partial charge in [-0.2, -0.15) is 0 Å². The number of carbonyl (C=O) groups is 3. The van der Waals surface area contributed by atoms with Gasteiger partial charge in [0.1, 0.15) is 11.3 Å². The molecule has 1 atom stereocenters. The van der Waals surface area contributed by atoms with E-state index in [1.54, 1.807) is 0 Å². The normalized spacial score (nSPS) is 16.0. The van der Waals surface area contributed by atoms with Crippen LogP contribution in [0.25, 0.3) is 0 Å². The van der Waals surface area contributed by atoms with Crippen LogP contribution >= 0.6 is 11.8 Å². The van der Waals surface area contributed by atoms with Gasteiger partial charge in [-0.1, -0.05) is 23.9 Å². The minimum Gasteiger partial charge on any atom is -0.507 e. The summed E-state index contributed by atoms with van der Waals surface area (Å²) in [5, 5.41) is 37.1. The van der Waals surface area contributed by atoms with Crippen molar-refractivity contribution in [3.05, 3.63) is 29.3 Å². The SMILES string of the molecule is O=C(O)c1cccc(C[C@@H](B(O)O)N2C(=O)CSC2=O)c1O. The van der Waals surface area contributed by atoms with Crippen LogP contribution in [0.15, 0.2) is 18.2 Å². The van der Waals surface area contributed by atoms with Gasteiger partial charge >= 0.3 is 13.1 Å². The summed E-state index contributed by atoms with van der Waals surface area (Å²) < 4.78 is 0. The molecule has 2 rings (SSSR count). The van der Waals surface area contributed by atoms with Gasteiger partial charge in [0.05, 0.1) is 11.7 Å². The Hall–Kier alpha value is -2.04. The molecule has 0 unspecified atom stereocenters. The molecule has 1 saturated heterocycles. The van der Waals surface area contributed by atoms with Crippen molar-refractivity contribution in [2.75, 3.05) is 5.75 Å². The lowest BCUT2D eigenvalue weighted by Gasteiger charge is -2.25. The molecule has 1 aromatic carbocycles. The number of aromatic hydroxyl groups is 1. The molecule has 8 nitrogen and oxygen atoms in total. The summed E-state index contributed by atoms with van der Waals surface area (Å²) in [5.41, 5.74) is -0.257. The molecule has 0 saturated carbocycles. The van der Waals surface area contributed by atoms with Crippen LogP contribution in [0.3, 0.4) is 0 Å². The Morgan fingerprint density at radius 2 is 2.05 bits per heavy atom. The summed E-state index contributed by atoms with van der Waals surface area (Å²) in [6.45, 7) is 0. The lowest BCUT2D eigenvalue weighted by molar-refractivity contribution is -0.125. The summed E-state index contributed by atoms with van der Waals surface area (Å²) in [4.78, 5) is 35.1. The number of amides is 2. The third kappa shape index (κ3) is 3.08. The smallest absolute Gasteiger partial charge is 0.476 e. The zero-order valence-corrected chi connectivity index (χ0v) is 12.0. The molecule has 1 fully saturated rings. The van der Waals surface area contributed by atoms with Gasteiger partial charge in [0.15, 0.2) is 0 Å². The number of aromatic carboxylic acids is 1. The molecule has 2 amide bonds.